The van der Waals surface area contributed by atoms with Gasteiger partial charge in [0.2, 0.25) is 6.79 Å². The lowest BCUT2D eigenvalue weighted by molar-refractivity contribution is 0.174. The van der Waals surface area contributed by atoms with Crippen LogP contribution in [0.15, 0.2) is 29.1 Å². The van der Waals surface area contributed by atoms with Gasteiger partial charge in [0.15, 0.2) is 16.6 Å². The highest BCUT2D eigenvalue weighted by Gasteiger charge is 2.13. The third-order valence-corrected chi connectivity index (χ3v) is 4.10. The van der Waals surface area contributed by atoms with Crippen molar-refractivity contribution < 1.29 is 9.47 Å². The fourth-order valence-corrected chi connectivity index (χ4v) is 2.71. The standard InChI is InChI=1S/C17H19N3O3S/c1-10-5-11(2)20-16(21)13(10)8-19-17(24)18-7-12-3-4-14-15(6-12)23-9-22-14/h3-6H,7-9H2,1-2H3,(H,20,21)(H2,18,19,24). The Morgan fingerprint density at radius 3 is 2.71 bits per heavy atom. The number of pyridine rings is 1. The number of thiocarbonyl (C=S) groups is 1. The van der Waals surface area contributed by atoms with E-state index in [0.717, 1.165) is 28.3 Å². The highest BCUT2D eigenvalue weighted by molar-refractivity contribution is 7.80. The van der Waals surface area contributed by atoms with Crippen molar-refractivity contribution in [3.05, 3.63) is 57.0 Å². The highest BCUT2D eigenvalue weighted by Crippen LogP contribution is 2.32. The zero-order valence-corrected chi connectivity index (χ0v) is 14.4. The number of nitrogens with one attached hydrogen (secondary N) is 3. The maximum atomic E-state index is 12.0. The molecule has 7 heteroatoms. The number of ether oxygens (including phenoxy) is 2. The van der Waals surface area contributed by atoms with E-state index >= 15 is 0 Å². The Morgan fingerprint density at radius 2 is 1.92 bits per heavy atom. The van der Waals surface area contributed by atoms with Crippen LogP contribution < -0.4 is 25.7 Å². The van der Waals surface area contributed by atoms with Gasteiger partial charge in [0.1, 0.15) is 0 Å². The molecule has 0 saturated carbocycles. The predicted molar refractivity (Wildman–Crippen MR) is 95.4 cm³/mol. The van der Waals surface area contributed by atoms with Crippen molar-refractivity contribution in [2.45, 2.75) is 26.9 Å². The summed E-state index contributed by atoms with van der Waals surface area (Å²) in [5.41, 5.74) is 3.44. The third kappa shape index (κ3) is 3.68. The lowest BCUT2D eigenvalue weighted by atomic mass is 10.1. The van der Waals surface area contributed by atoms with Crippen LogP contribution in [0, 0.1) is 13.8 Å². The van der Waals surface area contributed by atoms with Crippen LogP contribution in [0.4, 0.5) is 0 Å². The molecule has 2 aromatic rings. The van der Waals surface area contributed by atoms with Crippen LogP contribution in [0.3, 0.4) is 0 Å². The number of hydrogen-bond donors (Lipinski definition) is 3. The molecule has 0 atom stereocenters. The molecular weight excluding hydrogens is 326 g/mol. The summed E-state index contributed by atoms with van der Waals surface area (Å²) in [5.74, 6) is 1.50. The molecule has 3 rings (SSSR count). The first-order valence-corrected chi connectivity index (χ1v) is 8.03. The number of hydrogen-bond acceptors (Lipinski definition) is 4. The van der Waals surface area contributed by atoms with E-state index in [0.29, 0.717) is 23.8 Å². The van der Waals surface area contributed by atoms with Gasteiger partial charge in [0, 0.05) is 24.3 Å². The van der Waals surface area contributed by atoms with Crippen LogP contribution in [0.1, 0.15) is 22.4 Å². The minimum Gasteiger partial charge on any atom is -0.454 e. The smallest absolute Gasteiger partial charge is 0.253 e. The molecule has 3 N–H and O–H groups in total. The highest BCUT2D eigenvalue weighted by atomic mass is 32.1. The average Bonchev–Trinajstić information content (AvgIpc) is 2.99. The van der Waals surface area contributed by atoms with Crippen LogP contribution in [0.5, 0.6) is 11.5 Å². The Morgan fingerprint density at radius 1 is 1.17 bits per heavy atom. The van der Waals surface area contributed by atoms with Gasteiger partial charge in [-0.15, -0.1) is 0 Å². The zero-order chi connectivity index (χ0) is 17.1. The van der Waals surface area contributed by atoms with E-state index in [1.165, 1.54) is 0 Å². The van der Waals surface area contributed by atoms with Gasteiger partial charge >= 0.3 is 0 Å². The molecule has 1 aliphatic rings. The van der Waals surface area contributed by atoms with Crippen LogP contribution >= 0.6 is 12.2 Å². The molecule has 1 aromatic heterocycles. The lowest BCUT2D eigenvalue weighted by Gasteiger charge is -2.12. The summed E-state index contributed by atoms with van der Waals surface area (Å²) >= 11 is 5.27. The van der Waals surface area contributed by atoms with Crippen molar-refractivity contribution in [1.82, 2.24) is 15.6 Å². The van der Waals surface area contributed by atoms with Crippen molar-refractivity contribution >= 4 is 17.3 Å². The first kappa shape index (κ1) is 16.3. The van der Waals surface area contributed by atoms with E-state index in [1.54, 1.807) is 0 Å². The minimum absolute atomic E-state index is 0.0847. The Bertz CT molecular complexity index is 832. The molecule has 2 heterocycles. The molecule has 0 aliphatic carbocycles. The molecule has 0 fully saturated rings. The normalized spacial score (nSPS) is 12.1. The molecule has 0 amide bonds. The third-order valence-electron chi connectivity index (χ3n) is 3.81. The van der Waals surface area contributed by atoms with Gasteiger partial charge in [-0.2, -0.15) is 0 Å². The molecule has 24 heavy (non-hydrogen) atoms. The van der Waals surface area contributed by atoms with E-state index in [9.17, 15) is 4.79 Å². The molecule has 126 valence electrons. The predicted octanol–water partition coefficient (Wildman–Crippen LogP) is 1.88. The van der Waals surface area contributed by atoms with E-state index < -0.39 is 0 Å². The summed E-state index contributed by atoms with van der Waals surface area (Å²) in [4.78, 5) is 14.8. The molecule has 6 nitrogen and oxygen atoms in total. The van der Waals surface area contributed by atoms with E-state index in [-0.39, 0.29) is 12.4 Å². The number of H-pyrrole nitrogens is 1. The maximum Gasteiger partial charge on any atom is 0.253 e. The minimum atomic E-state index is -0.0847. The van der Waals surface area contributed by atoms with Gasteiger partial charge in [-0.1, -0.05) is 6.07 Å². The van der Waals surface area contributed by atoms with E-state index in [2.05, 4.69) is 15.6 Å². The summed E-state index contributed by atoms with van der Waals surface area (Å²) < 4.78 is 10.6. The Kier molecular flexibility index (Phi) is 4.71. The Labute approximate surface area is 145 Å². The molecule has 0 spiro atoms. The van der Waals surface area contributed by atoms with E-state index in [1.807, 2.05) is 38.1 Å². The molecular formula is C17H19N3O3S. The average molecular weight is 345 g/mol. The summed E-state index contributed by atoms with van der Waals surface area (Å²) in [7, 11) is 0. The van der Waals surface area contributed by atoms with Gasteiger partial charge in [-0.05, 0) is 55.4 Å². The number of fused-ring (bicyclic) bond motifs is 1. The van der Waals surface area contributed by atoms with Crippen molar-refractivity contribution in [1.29, 1.82) is 0 Å². The van der Waals surface area contributed by atoms with E-state index in [4.69, 9.17) is 21.7 Å². The summed E-state index contributed by atoms with van der Waals surface area (Å²) in [6.45, 7) is 4.99. The molecule has 0 radical (unpaired) electrons. The topological polar surface area (TPSA) is 75.4 Å². The zero-order valence-electron chi connectivity index (χ0n) is 13.6. The van der Waals surface area contributed by atoms with Gasteiger partial charge < -0.3 is 25.1 Å². The maximum absolute atomic E-state index is 12.0. The molecule has 0 unspecified atom stereocenters. The SMILES string of the molecule is Cc1cc(C)c(CNC(=S)NCc2ccc3c(c2)OCO3)c(=O)[nH]1. The first-order valence-electron chi connectivity index (χ1n) is 7.62. The number of aryl methyl sites for hydroxylation is 2. The fourth-order valence-electron chi connectivity index (χ4n) is 2.57. The van der Waals surface area contributed by atoms with Gasteiger partial charge in [0.25, 0.3) is 5.56 Å². The van der Waals surface area contributed by atoms with Gasteiger partial charge in [0.05, 0.1) is 0 Å². The van der Waals surface area contributed by atoms with Crippen LogP contribution in [-0.4, -0.2) is 16.9 Å². The van der Waals surface area contributed by atoms with Crippen molar-refractivity contribution in [3.63, 3.8) is 0 Å². The molecule has 1 aliphatic heterocycles. The first-order chi connectivity index (χ1) is 11.5. The number of aromatic amines is 1. The van der Waals surface area contributed by atoms with Crippen molar-refractivity contribution in [2.75, 3.05) is 6.79 Å². The number of benzene rings is 1. The van der Waals surface area contributed by atoms with Crippen molar-refractivity contribution in [3.8, 4) is 11.5 Å². The van der Waals surface area contributed by atoms with Gasteiger partial charge in [-0.25, -0.2) is 0 Å². The van der Waals surface area contributed by atoms with Gasteiger partial charge in [-0.3, -0.25) is 4.79 Å². The Hall–Kier alpha value is -2.54. The quantitative estimate of drug-likeness (QED) is 0.735. The largest absolute Gasteiger partial charge is 0.454 e. The summed E-state index contributed by atoms with van der Waals surface area (Å²) in [6.07, 6.45) is 0. The second-order valence-electron chi connectivity index (χ2n) is 5.67. The fraction of sp³-hybridized carbons (Fsp3) is 0.294. The Balaban J connectivity index is 1.54. The second kappa shape index (κ2) is 6.92. The number of rotatable bonds is 4. The second-order valence-corrected chi connectivity index (χ2v) is 6.08. The summed E-state index contributed by atoms with van der Waals surface area (Å²) in [6, 6.07) is 7.71. The monoisotopic (exact) mass is 345 g/mol. The molecule has 0 saturated heterocycles. The lowest BCUT2D eigenvalue weighted by Crippen LogP contribution is -2.36. The van der Waals surface area contributed by atoms with Crippen LogP contribution in [-0.2, 0) is 13.1 Å². The molecule has 1 aromatic carbocycles. The molecule has 0 bridgehead atoms. The van der Waals surface area contributed by atoms with Crippen molar-refractivity contribution in [2.24, 2.45) is 0 Å². The number of aromatic nitrogens is 1. The summed E-state index contributed by atoms with van der Waals surface area (Å²) in [5, 5.41) is 6.68. The van der Waals surface area contributed by atoms with Crippen LogP contribution in [0.2, 0.25) is 0 Å². The van der Waals surface area contributed by atoms with Crippen LogP contribution in [0.25, 0.3) is 0 Å².